The number of piperidine rings is 1. The molecule has 0 radical (unpaired) electrons. The van der Waals surface area contributed by atoms with Crippen LogP contribution in [-0.4, -0.2) is 39.3 Å². The van der Waals surface area contributed by atoms with Crippen molar-refractivity contribution in [1.82, 2.24) is 19.7 Å². The zero-order valence-electron chi connectivity index (χ0n) is 13.4. The van der Waals surface area contributed by atoms with Gasteiger partial charge in [0.05, 0.1) is 17.8 Å². The van der Waals surface area contributed by atoms with E-state index in [9.17, 15) is 0 Å². The van der Waals surface area contributed by atoms with Crippen molar-refractivity contribution in [2.24, 2.45) is 5.92 Å². The van der Waals surface area contributed by atoms with Crippen molar-refractivity contribution in [3.8, 4) is 10.6 Å². The quantitative estimate of drug-likeness (QED) is 0.720. The number of hydrogen-bond donors (Lipinski definition) is 0. The normalized spacial score (nSPS) is 27.3. The first-order chi connectivity index (χ1) is 11.2. The van der Waals surface area contributed by atoms with E-state index >= 15 is 0 Å². The van der Waals surface area contributed by atoms with Crippen molar-refractivity contribution in [3.05, 3.63) is 35.5 Å². The van der Waals surface area contributed by atoms with Crippen LogP contribution in [0.4, 0.5) is 0 Å². The minimum Gasteiger partial charge on any atom is -0.303 e. The molecular formula is C18H20N4S. The lowest BCUT2D eigenvalue weighted by molar-refractivity contribution is 0.205. The minimum absolute atomic E-state index is 0.557. The number of benzene rings is 1. The molecule has 1 aliphatic heterocycles. The largest absolute Gasteiger partial charge is 0.303 e. The molecule has 118 valence electrons. The number of thiazole rings is 1. The molecule has 2 bridgehead atoms. The van der Waals surface area contributed by atoms with Crippen LogP contribution in [0.25, 0.3) is 21.5 Å². The highest BCUT2D eigenvalue weighted by Gasteiger charge is 2.44. The molecule has 4 nitrogen and oxygen atoms in total. The molecule has 1 aliphatic carbocycles. The Morgan fingerprint density at radius 3 is 2.83 bits per heavy atom. The third-order valence-corrected chi connectivity index (χ3v) is 6.52. The molecule has 0 amide bonds. The van der Waals surface area contributed by atoms with Gasteiger partial charge in [-0.05, 0) is 38.8 Å². The Morgan fingerprint density at radius 1 is 1.22 bits per heavy atom. The Balaban J connectivity index is 1.57. The Hall–Kier alpha value is -1.72. The van der Waals surface area contributed by atoms with Crippen LogP contribution in [0.2, 0.25) is 0 Å². The van der Waals surface area contributed by atoms with Gasteiger partial charge in [-0.15, -0.1) is 11.3 Å². The first kappa shape index (κ1) is 13.7. The van der Waals surface area contributed by atoms with Crippen molar-refractivity contribution in [3.63, 3.8) is 0 Å². The Bertz CT molecular complexity index is 878. The zero-order valence-corrected chi connectivity index (χ0v) is 14.3. The Morgan fingerprint density at radius 2 is 2.13 bits per heavy atom. The lowest BCUT2D eigenvalue weighted by atomic mass is 10.0. The molecule has 5 heteroatoms. The van der Waals surface area contributed by atoms with E-state index < -0.39 is 0 Å². The molecule has 0 N–H and O–H groups in total. The van der Waals surface area contributed by atoms with Crippen LogP contribution >= 0.6 is 11.3 Å². The second kappa shape index (κ2) is 4.89. The van der Waals surface area contributed by atoms with Crippen LogP contribution in [0, 0.1) is 12.8 Å². The maximum Gasteiger partial charge on any atom is 0.123 e. The second-order valence-electron chi connectivity index (χ2n) is 7.03. The van der Waals surface area contributed by atoms with Gasteiger partial charge in [0.1, 0.15) is 5.01 Å². The highest BCUT2D eigenvalue weighted by molar-refractivity contribution is 7.14. The fourth-order valence-electron chi connectivity index (χ4n) is 4.37. The van der Waals surface area contributed by atoms with E-state index in [-0.39, 0.29) is 0 Å². The molecule has 1 aromatic carbocycles. The van der Waals surface area contributed by atoms with Crippen LogP contribution in [0.15, 0.2) is 30.6 Å². The molecule has 3 atom stereocenters. The number of nitrogens with zero attached hydrogens (tertiary/aromatic N) is 4. The Labute approximate surface area is 139 Å². The topological polar surface area (TPSA) is 34.0 Å². The average molecular weight is 324 g/mol. The summed E-state index contributed by atoms with van der Waals surface area (Å²) >= 11 is 1.76. The average Bonchev–Trinajstić information content (AvgIpc) is 3.28. The van der Waals surface area contributed by atoms with Crippen molar-refractivity contribution in [2.45, 2.75) is 31.8 Å². The van der Waals surface area contributed by atoms with Crippen LogP contribution in [0.5, 0.6) is 0 Å². The number of hydrogen-bond acceptors (Lipinski definition) is 4. The molecule has 2 aromatic heterocycles. The van der Waals surface area contributed by atoms with Gasteiger partial charge in [-0.1, -0.05) is 12.1 Å². The van der Waals surface area contributed by atoms with E-state index in [4.69, 9.17) is 5.10 Å². The molecule has 3 unspecified atom stereocenters. The predicted molar refractivity (Wildman–Crippen MR) is 93.8 cm³/mol. The summed E-state index contributed by atoms with van der Waals surface area (Å²) in [4.78, 5) is 8.30. The molecule has 2 aliphatic rings. The highest BCUT2D eigenvalue weighted by Crippen LogP contribution is 2.45. The predicted octanol–water partition coefficient (Wildman–Crippen LogP) is 3.73. The van der Waals surface area contributed by atoms with E-state index in [1.165, 1.54) is 40.7 Å². The molecule has 1 saturated carbocycles. The van der Waals surface area contributed by atoms with Crippen LogP contribution in [0.1, 0.15) is 23.8 Å². The summed E-state index contributed by atoms with van der Waals surface area (Å²) in [6.45, 7) is 3.32. The van der Waals surface area contributed by atoms with Gasteiger partial charge >= 0.3 is 0 Å². The number of aromatic nitrogens is 3. The standard InChI is InChI=1S/C18H20N4S/c1-11-8-19-18(23-11)12-3-4-13-9-20-22(16(13)6-12)17-7-15-5-14(17)10-21(15)2/h3-4,6,8-9,14-15,17H,5,7,10H2,1-2H3. The number of rotatable bonds is 2. The third-order valence-electron chi connectivity index (χ3n) is 5.56. The first-order valence-electron chi connectivity index (χ1n) is 8.29. The van der Waals surface area contributed by atoms with Gasteiger partial charge in [0.25, 0.3) is 0 Å². The number of likely N-dealkylation sites (tertiary alicyclic amines) is 1. The van der Waals surface area contributed by atoms with Gasteiger partial charge in [0.15, 0.2) is 0 Å². The number of aryl methyl sites for hydroxylation is 1. The summed E-state index contributed by atoms with van der Waals surface area (Å²) in [6, 6.07) is 7.93. The summed E-state index contributed by atoms with van der Waals surface area (Å²) in [7, 11) is 2.25. The molecule has 2 fully saturated rings. The van der Waals surface area contributed by atoms with Crippen LogP contribution < -0.4 is 0 Å². The lowest BCUT2D eigenvalue weighted by Crippen LogP contribution is -2.33. The van der Waals surface area contributed by atoms with Gasteiger partial charge in [0, 0.05) is 34.6 Å². The summed E-state index contributed by atoms with van der Waals surface area (Å²) < 4.78 is 2.29. The maximum absolute atomic E-state index is 4.74. The van der Waals surface area contributed by atoms with E-state index in [0.717, 1.165) is 17.0 Å². The van der Waals surface area contributed by atoms with Crippen molar-refractivity contribution in [2.75, 3.05) is 13.6 Å². The van der Waals surface area contributed by atoms with E-state index in [1.54, 1.807) is 11.3 Å². The molecule has 3 aromatic rings. The third kappa shape index (κ3) is 2.07. The molecule has 1 saturated heterocycles. The highest BCUT2D eigenvalue weighted by atomic mass is 32.1. The molecular weight excluding hydrogens is 304 g/mol. The van der Waals surface area contributed by atoms with Gasteiger partial charge in [0.2, 0.25) is 0 Å². The van der Waals surface area contributed by atoms with Crippen LogP contribution in [-0.2, 0) is 0 Å². The van der Waals surface area contributed by atoms with Gasteiger partial charge in [-0.25, -0.2) is 4.98 Å². The van der Waals surface area contributed by atoms with Crippen molar-refractivity contribution in [1.29, 1.82) is 0 Å². The van der Waals surface area contributed by atoms with E-state index in [2.05, 4.69) is 46.7 Å². The van der Waals surface area contributed by atoms with Crippen LogP contribution in [0.3, 0.4) is 0 Å². The van der Waals surface area contributed by atoms with Crippen molar-refractivity contribution < 1.29 is 0 Å². The van der Waals surface area contributed by atoms with Gasteiger partial charge in [-0.3, -0.25) is 4.68 Å². The number of fused-ring (bicyclic) bond motifs is 3. The fraction of sp³-hybridized carbons (Fsp3) is 0.444. The molecule has 0 spiro atoms. The lowest BCUT2D eigenvalue weighted by Gasteiger charge is -2.29. The monoisotopic (exact) mass is 324 g/mol. The van der Waals surface area contributed by atoms with E-state index in [1.807, 2.05) is 12.4 Å². The van der Waals surface area contributed by atoms with Gasteiger partial charge in [-0.2, -0.15) is 5.10 Å². The maximum atomic E-state index is 4.74. The summed E-state index contributed by atoms with van der Waals surface area (Å²) in [5, 5.41) is 7.08. The fourth-order valence-corrected chi connectivity index (χ4v) is 5.13. The van der Waals surface area contributed by atoms with Crippen molar-refractivity contribution >= 4 is 22.2 Å². The minimum atomic E-state index is 0.557. The first-order valence-corrected chi connectivity index (χ1v) is 9.11. The second-order valence-corrected chi connectivity index (χ2v) is 8.27. The zero-order chi connectivity index (χ0) is 15.6. The molecule has 3 heterocycles. The van der Waals surface area contributed by atoms with E-state index in [0.29, 0.717) is 6.04 Å². The summed E-state index contributed by atoms with van der Waals surface area (Å²) in [5.74, 6) is 0.749. The molecule has 23 heavy (non-hydrogen) atoms. The summed E-state index contributed by atoms with van der Waals surface area (Å²) in [6.07, 6.45) is 6.53. The molecule has 5 rings (SSSR count). The van der Waals surface area contributed by atoms with Gasteiger partial charge < -0.3 is 4.90 Å². The smallest absolute Gasteiger partial charge is 0.123 e. The SMILES string of the molecule is Cc1cnc(-c2ccc3cnn(C4CC5CC4CN5C)c3c2)s1. The Kier molecular flexibility index (Phi) is 2.91. The summed E-state index contributed by atoms with van der Waals surface area (Å²) in [5.41, 5.74) is 2.47.